The van der Waals surface area contributed by atoms with Crippen LogP contribution in [0.5, 0.6) is 5.75 Å². The molecule has 0 saturated carbocycles. The smallest absolute Gasteiger partial charge is 0.244 e. The first-order valence-corrected chi connectivity index (χ1v) is 7.07. The maximum Gasteiger partial charge on any atom is 0.244 e. The van der Waals surface area contributed by atoms with Crippen molar-refractivity contribution in [3.05, 3.63) is 46.5 Å². The number of halogens is 1. The van der Waals surface area contributed by atoms with Crippen molar-refractivity contribution in [1.82, 2.24) is 20.5 Å². The Bertz CT molecular complexity index is 640. The molecule has 1 aromatic heterocycles. The molecule has 1 unspecified atom stereocenters. The topological polar surface area (TPSA) is 79.9 Å². The normalized spacial score (nSPS) is 12.3. The van der Waals surface area contributed by atoms with Crippen LogP contribution < -0.4 is 10.1 Å². The zero-order valence-electron chi connectivity index (χ0n) is 11.6. The number of rotatable bonds is 5. The number of nitrogens with zero attached hydrogens (tertiary/aromatic N) is 2. The largest absolute Gasteiger partial charge is 0.496 e. The predicted molar refractivity (Wildman–Crippen MR) is 82.7 cm³/mol. The number of aromatic amines is 1. The third kappa shape index (κ3) is 4.16. The third-order valence-electron chi connectivity index (χ3n) is 2.81. The molecule has 21 heavy (non-hydrogen) atoms. The van der Waals surface area contributed by atoms with Gasteiger partial charge in [0.2, 0.25) is 5.91 Å². The van der Waals surface area contributed by atoms with Crippen LogP contribution in [-0.2, 0) is 4.79 Å². The molecular formula is C14H15BrN4O2. The van der Waals surface area contributed by atoms with Crippen LogP contribution in [0.25, 0.3) is 6.08 Å². The van der Waals surface area contributed by atoms with Gasteiger partial charge < -0.3 is 10.1 Å². The number of amides is 1. The second kappa shape index (κ2) is 7.03. The Balaban J connectivity index is 2.04. The third-order valence-corrected chi connectivity index (χ3v) is 3.30. The van der Waals surface area contributed by atoms with Crippen LogP contribution in [-0.4, -0.2) is 28.2 Å². The van der Waals surface area contributed by atoms with Gasteiger partial charge in [0.1, 0.15) is 17.9 Å². The van der Waals surface area contributed by atoms with Gasteiger partial charge in [-0.1, -0.05) is 15.9 Å². The molecule has 1 heterocycles. The van der Waals surface area contributed by atoms with E-state index in [1.54, 1.807) is 13.2 Å². The molecule has 0 aliphatic carbocycles. The molecule has 1 amide bonds. The fourth-order valence-electron chi connectivity index (χ4n) is 1.75. The van der Waals surface area contributed by atoms with Gasteiger partial charge in [0.15, 0.2) is 0 Å². The molecule has 0 spiro atoms. The summed E-state index contributed by atoms with van der Waals surface area (Å²) >= 11 is 3.39. The molecule has 110 valence electrons. The summed E-state index contributed by atoms with van der Waals surface area (Å²) in [5.74, 6) is 1.09. The SMILES string of the molecule is COc1ccc(Br)cc1/C=C/C(=O)NC(C)c1ncn[nH]1. The van der Waals surface area contributed by atoms with Crippen LogP contribution in [0.3, 0.4) is 0 Å². The molecule has 7 heteroatoms. The quantitative estimate of drug-likeness (QED) is 0.811. The van der Waals surface area contributed by atoms with E-state index < -0.39 is 0 Å². The lowest BCUT2D eigenvalue weighted by molar-refractivity contribution is -0.117. The number of nitrogens with one attached hydrogen (secondary N) is 2. The number of hydrogen-bond acceptors (Lipinski definition) is 4. The van der Waals surface area contributed by atoms with Crippen molar-refractivity contribution < 1.29 is 9.53 Å². The van der Waals surface area contributed by atoms with E-state index in [4.69, 9.17) is 4.74 Å². The summed E-state index contributed by atoms with van der Waals surface area (Å²) in [6.07, 6.45) is 4.56. The summed E-state index contributed by atoms with van der Waals surface area (Å²) in [6, 6.07) is 5.35. The average Bonchev–Trinajstić information content (AvgIpc) is 2.99. The maximum absolute atomic E-state index is 11.9. The van der Waals surface area contributed by atoms with E-state index in [0.29, 0.717) is 11.6 Å². The molecule has 0 radical (unpaired) electrons. The Labute approximate surface area is 130 Å². The molecule has 2 rings (SSSR count). The van der Waals surface area contributed by atoms with Crippen molar-refractivity contribution >= 4 is 27.9 Å². The van der Waals surface area contributed by atoms with E-state index in [9.17, 15) is 4.79 Å². The fourth-order valence-corrected chi connectivity index (χ4v) is 2.13. The standard InChI is InChI=1S/C14H15BrN4O2/c1-9(14-16-8-17-19-14)18-13(20)6-3-10-7-11(15)4-5-12(10)21-2/h3-9H,1-2H3,(H,18,20)(H,16,17,19)/b6-3+. The van der Waals surface area contributed by atoms with Gasteiger partial charge in [-0.15, -0.1) is 0 Å². The highest BCUT2D eigenvalue weighted by molar-refractivity contribution is 9.10. The van der Waals surface area contributed by atoms with E-state index in [-0.39, 0.29) is 11.9 Å². The Morgan fingerprint density at radius 1 is 1.52 bits per heavy atom. The van der Waals surface area contributed by atoms with Gasteiger partial charge >= 0.3 is 0 Å². The number of ether oxygens (including phenoxy) is 1. The van der Waals surface area contributed by atoms with Gasteiger partial charge in [-0.05, 0) is 31.2 Å². The highest BCUT2D eigenvalue weighted by Gasteiger charge is 2.10. The van der Waals surface area contributed by atoms with Crippen molar-refractivity contribution in [2.45, 2.75) is 13.0 Å². The molecule has 0 aliphatic rings. The van der Waals surface area contributed by atoms with Gasteiger partial charge in [0.25, 0.3) is 0 Å². The molecule has 2 N–H and O–H groups in total. The molecule has 2 aromatic rings. The first kappa shape index (κ1) is 15.2. The van der Waals surface area contributed by atoms with Crippen LogP contribution in [0.15, 0.2) is 35.1 Å². The number of H-pyrrole nitrogens is 1. The Morgan fingerprint density at radius 2 is 2.33 bits per heavy atom. The van der Waals surface area contributed by atoms with Gasteiger partial charge in [0.05, 0.1) is 13.2 Å². The lowest BCUT2D eigenvalue weighted by Gasteiger charge is -2.09. The number of aromatic nitrogens is 3. The van der Waals surface area contributed by atoms with Crippen molar-refractivity contribution in [1.29, 1.82) is 0 Å². The van der Waals surface area contributed by atoms with E-state index >= 15 is 0 Å². The van der Waals surface area contributed by atoms with Gasteiger partial charge in [-0.25, -0.2) is 4.98 Å². The number of carbonyl (C=O) groups excluding carboxylic acids is 1. The van der Waals surface area contributed by atoms with Crippen LogP contribution in [0.4, 0.5) is 0 Å². The number of benzene rings is 1. The summed E-state index contributed by atoms with van der Waals surface area (Å²) in [6.45, 7) is 1.83. The van der Waals surface area contributed by atoms with Crippen molar-refractivity contribution in [2.24, 2.45) is 0 Å². The lowest BCUT2D eigenvalue weighted by Crippen LogP contribution is -2.25. The molecule has 0 aliphatic heterocycles. The summed E-state index contributed by atoms with van der Waals surface area (Å²) < 4.78 is 6.16. The van der Waals surface area contributed by atoms with Crippen molar-refractivity contribution in [2.75, 3.05) is 7.11 Å². The van der Waals surface area contributed by atoms with Crippen molar-refractivity contribution in [3.63, 3.8) is 0 Å². The van der Waals surface area contributed by atoms with Crippen LogP contribution in [0, 0.1) is 0 Å². The highest BCUT2D eigenvalue weighted by atomic mass is 79.9. The minimum atomic E-state index is -0.242. The minimum Gasteiger partial charge on any atom is -0.496 e. The van der Waals surface area contributed by atoms with Crippen LogP contribution >= 0.6 is 15.9 Å². The highest BCUT2D eigenvalue weighted by Crippen LogP contribution is 2.24. The fraction of sp³-hybridized carbons (Fsp3) is 0.214. The molecule has 0 saturated heterocycles. The first-order valence-electron chi connectivity index (χ1n) is 6.27. The maximum atomic E-state index is 11.9. The van der Waals surface area contributed by atoms with E-state index in [2.05, 4.69) is 36.4 Å². The van der Waals surface area contributed by atoms with Crippen LogP contribution in [0.2, 0.25) is 0 Å². The second-order valence-electron chi connectivity index (χ2n) is 4.32. The Morgan fingerprint density at radius 3 is 3.00 bits per heavy atom. The number of hydrogen-bond donors (Lipinski definition) is 2. The summed E-state index contributed by atoms with van der Waals surface area (Å²) in [7, 11) is 1.59. The number of methoxy groups -OCH3 is 1. The summed E-state index contributed by atoms with van der Waals surface area (Å²) in [5, 5.41) is 9.26. The van der Waals surface area contributed by atoms with Crippen LogP contribution in [0.1, 0.15) is 24.4 Å². The molecule has 0 fully saturated rings. The summed E-state index contributed by atoms with van der Waals surface area (Å²) in [5.41, 5.74) is 0.814. The predicted octanol–water partition coefficient (Wildman–Crippen LogP) is 2.47. The van der Waals surface area contributed by atoms with Gasteiger partial charge in [0, 0.05) is 16.1 Å². The van der Waals surface area contributed by atoms with Crippen molar-refractivity contribution in [3.8, 4) is 5.75 Å². The Kier molecular flexibility index (Phi) is 5.10. The Hall–Kier alpha value is -2.15. The van der Waals surface area contributed by atoms with Gasteiger partial charge in [-0.3, -0.25) is 9.89 Å². The first-order chi connectivity index (χ1) is 10.1. The molecule has 1 aromatic carbocycles. The van der Waals surface area contributed by atoms with E-state index in [0.717, 1.165) is 10.0 Å². The number of carbonyl (C=O) groups is 1. The lowest BCUT2D eigenvalue weighted by atomic mass is 10.2. The van der Waals surface area contributed by atoms with E-state index in [1.807, 2.05) is 25.1 Å². The second-order valence-corrected chi connectivity index (χ2v) is 5.24. The molecule has 1 atom stereocenters. The summed E-state index contributed by atoms with van der Waals surface area (Å²) in [4.78, 5) is 15.9. The molecule has 0 bridgehead atoms. The average molecular weight is 351 g/mol. The minimum absolute atomic E-state index is 0.221. The monoisotopic (exact) mass is 350 g/mol. The van der Waals surface area contributed by atoms with E-state index in [1.165, 1.54) is 12.4 Å². The zero-order valence-corrected chi connectivity index (χ0v) is 13.2. The van der Waals surface area contributed by atoms with Gasteiger partial charge in [-0.2, -0.15) is 5.10 Å². The zero-order chi connectivity index (χ0) is 15.2. The molecular weight excluding hydrogens is 336 g/mol. The molecule has 6 nitrogen and oxygen atoms in total.